The van der Waals surface area contributed by atoms with Crippen LogP contribution in [0.3, 0.4) is 0 Å². The van der Waals surface area contributed by atoms with Crippen LogP contribution in [0.2, 0.25) is 0 Å². The van der Waals surface area contributed by atoms with Crippen molar-refractivity contribution in [1.82, 2.24) is 9.80 Å². The van der Waals surface area contributed by atoms with Crippen LogP contribution in [0.25, 0.3) is 0 Å². The Bertz CT molecular complexity index is 320. The minimum Gasteiger partial charge on any atom is -0.370 e. The number of rotatable bonds is 4. The summed E-state index contributed by atoms with van der Waals surface area (Å²) in [4.78, 5) is 9.60. The van der Waals surface area contributed by atoms with E-state index in [-0.39, 0.29) is 0 Å². The van der Waals surface area contributed by atoms with Gasteiger partial charge in [-0.15, -0.1) is 0 Å². The predicted molar refractivity (Wildman–Crippen MR) is 85.9 cm³/mol. The molecule has 0 aromatic heterocycles. The first-order chi connectivity index (χ1) is 9.58. The summed E-state index contributed by atoms with van der Waals surface area (Å²) in [5, 5.41) is 0. The molecule has 4 heteroatoms. The van der Waals surface area contributed by atoms with E-state index < -0.39 is 0 Å². The van der Waals surface area contributed by atoms with Gasteiger partial charge in [-0.1, -0.05) is 20.8 Å². The molecule has 116 valence electrons. The Morgan fingerprint density at radius 3 is 2.50 bits per heavy atom. The van der Waals surface area contributed by atoms with Crippen molar-refractivity contribution >= 4 is 5.96 Å². The van der Waals surface area contributed by atoms with Gasteiger partial charge in [0.05, 0.1) is 6.54 Å². The Balaban J connectivity index is 1.90. The number of nitrogens with zero attached hydrogens (tertiary/aromatic N) is 3. The number of aliphatic imine (C=N–C) groups is 1. The Morgan fingerprint density at radius 1 is 1.20 bits per heavy atom. The molecular formula is C16H32N4. The molecular weight excluding hydrogens is 248 g/mol. The lowest BCUT2D eigenvalue weighted by molar-refractivity contribution is 0.196. The molecule has 2 atom stereocenters. The van der Waals surface area contributed by atoms with Crippen molar-refractivity contribution in [3.8, 4) is 0 Å². The molecule has 0 aliphatic carbocycles. The summed E-state index contributed by atoms with van der Waals surface area (Å²) in [6.45, 7) is 12.4. The molecule has 2 N–H and O–H groups in total. The minimum atomic E-state index is 0.554. The summed E-state index contributed by atoms with van der Waals surface area (Å²) >= 11 is 0. The summed E-state index contributed by atoms with van der Waals surface area (Å²) in [5.41, 5.74) is 6.22. The number of hydrogen-bond donors (Lipinski definition) is 1. The van der Waals surface area contributed by atoms with E-state index >= 15 is 0 Å². The SMILES string of the molecule is CC1CCCN(C(N)=NCC(C(C)C)N2CCCC2)C1. The highest BCUT2D eigenvalue weighted by atomic mass is 15.3. The highest BCUT2D eigenvalue weighted by Crippen LogP contribution is 2.19. The van der Waals surface area contributed by atoms with Gasteiger partial charge in [0.2, 0.25) is 0 Å². The molecule has 2 unspecified atom stereocenters. The number of likely N-dealkylation sites (tertiary alicyclic amines) is 2. The second-order valence-electron chi connectivity index (χ2n) is 6.95. The van der Waals surface area contributed by atoms with Gasteiger partial charge in [-0.3, -0.25) is 9.89 Å². The number of hydrogen-bond acceptors (Lipinski definition) is 2. The molecule has 20 heavy (non-hydrogen) atoms. The molecule has 2 saturated heterocycles. The molecule has 0 radical (unpaired) electrons. The molecule has 2 aliphatic rings. The number of nitrogens with two attached hydrogens (primary N) is 1. The molecule has 2 rings (SSSR count). The van der Waals surface area contributed by atoms with E-state index in [9.17, 15) is 0 Å². The van der Waals surface area contributed by atoms with Crippen LogP contribution in [0.1, 0.15) is 46.5 Å². The normalized spacial score (nSPS) is 27.3. The van der Waals surface area contributed by atoms with Crippen LogP contribution in [-0.4, -0.2) is 54.5 Å². The third kappa shape index (κ3) is 4.11. The first kappa shape index (κ1) is 15.6. The van der Waals surface area contributed by atoms with Gasteiger partial charge in [-0.25, -0.2) is 0 Å². The number of guanidine groups is 1. The van der Waals surface area contributed by atoms with Crippen LogP contribution in [0.5, 0.6) is 0 Å². The van der Waals surface area contributed by atoms with Crippen LogP contribution < -0.4 is 5.73 Å². The summed E-state index contributed by atoms with van der Waals surface area (Å²) in [6.07, 6.45) is 5.25. The molecule has 0 aromatic carbocycles. The lowest BCUT2D eigenvalue weighted by Crippen LogP contribution is -2.45. The minimum absolute atomic E-state index is 0.554. The topological polar surface area (TPSA) is 44.9 Å². The van der Waals surface area contributed by atoms with E-state index in [0.29, 0.717) is 12.0 Å². The molecule has 0 saturated carbocycles. The third-order valence-corrected chi connectivity index (χ3v) is 4.80. The summed E-state index contributed by atoms with van der Waals surface area (Å²) < 4.78 is 0. The molecule has 2 heterocycles. The van der Waals surface area contributed by atoms with Gasteiger partial charge in [0.25, 0.3) is 0 Å². The maximum atomic E-state index is 6.22. The summed E-state index contributed by atoms with van der Waals surface area (Å²) in [7, 11) is 0. The average molecular weight is 280 g/mol. The molecule has 0 amide bonds. The first-order valence-electron chi connectivity index (χ1n) is 8.37. The van der Waals surface area contributed by atoms with Crippen LogP contribution in [0.4, 0.5) is 0 Å². The zero-order chi connectivity index (χ0) is 14.5. The van der Waals surface area contributed by atoms with Gasteiger partial charge in [0.15, 0.2) is 5.96 Å². The van der Waals surface area contributed by atoms with Crippen LogP contribution in [-0.2, 0) is 0 Å². The lowest BCUT2D eigenvalue weighted by Gasteiger charge is -2.33. The smallest absolute Gasteiger partial charge is 0.191 e. The fourth-order valence-corrected chi connectivity index (χ4v) is 3.51. The van der Waals surface area contributed by atoms with E-state index in [1.807, 2.05) is 0 Å². The van der Waals surface area contributed by atoms with Gasteiger partial charge < -0.3 is 10.6 Å². The van der Waals surface area contributed by atoms with Gasteiger partial charge in [0, 0.05) is 19.1 Å². The monoisotopic (exact) mass is 280 g/mol. The first-order valence-corrected chi connectivity index (χ1v) is 8.37. The molecule has 2 aliphatic heterocycles. The van der Waals surface area contributed by atoms with Gasteiger partial charge in [-0.05, 0) is 50.6 Å². The van der Waals surface area contributed by atoms with Crippen molar-refractivity contribution in [3.63, 3.8) is 0 Å². The lowest BCUT2D eigenvalue weighted by atomic mass is 10.0. The second kappa shape index (κ2) is 7.30. The molecule has 0 aromatic rings. The Kier molecular flexibility index (Phi) is 5.70. The van der Waals surface area contributed by atoms with Gasteiger partial charge >= 0.3 is 0 Å². The second-order valence-corrected chi connectivity index (χ2v) is 6.95. The quantitative estimate of drug-likeness (QED) is 0.634. The van der Waals surface area contributed by atoms with E-state index in [1.165, 1.54) is 38.8 Å². The van der Waals surface area contributed by atoms with Crippen molar-refractivity contribution in [2.75, 3.05) is 32.7 Å². The van der Waals surface area contributed by atoms with Crippen LogP contribution in [0.15, 0.2) is 4.99 Å². The Labute approximate surface area is 124 Å². The third-order valence-electron chi connectivity index (χ3n) is 4.80. The fraction of sp³-hybridized carbons (Fsp3) is 0.938. The van der Waals surface area contributed by atoms with E-state index in [2.05, 4.69) is 30.6 Å². The van der Waals surface area contributed by atoms with Gasteiger partial charge in [0.1, 0.15) is 0 Å². The summed E-state index contributed by atoms with van der Waals surface area (Å²) in [5.74, 6) is 2.16. The summed E-state index contributed by atoms with van der Waals surface area (Å²) in [6, 6.07) is 0.554. The fourth-order valence-electron chi connectivity index (χ4n) is 3.51. The Hall–Kier alpha value is -0.770. The average Bonchev–Trinajstić information content (AvgIpc) is 2.92. The van der Waals surface area contributed by atoms with E-state index in [0.717, 1.165) is 31.5 Å². The van der Waals surface area contributed by atoms with E-state index in [1.54, 1.807) is 0 Å². The zero-order valence-electron chi connectivity index (χ0n) is 13.5. The highest BCUT2D eigenvalue weighted by Gasteiger charge is 2.25. The zero-order valence-corrected chi connectivity index (χ0v) is 13.5. The molecule has 0 bridgehead atoms. The molecule has 2 fully saturated rings. The predicted octanol–water partition coefficient (Wildman–Crippen LogP) is 2.15. The van der Waals surface area contributed by atoms with Crippen molar-refractivity contribution < 1.29 is 0 Å². The molecule has 4 nitrogen and oxygen atoms in total. The van der Waals surface area contributed by atoms with Crippen molar-refractivity contribution in [2.24, 2.45) is 22.6 Å². The van der Waals surface area contributed by atoms with Crippen molar-refractivity contribution in [1.29, 1.82) is 0 Å². The van der Waals surface area contributed by atoms with Crippen molar-refractivity contribution in [3.05, 3.63) is 0 Å². The maximum Gasteiger partial charge on any atom is 0.191 e. The van der Waals surface area contributed by atoms with Crippen molar-refractivity contribution in [2.45, 2.75) is 52.5 Å². The maximum absolute atomic E-state index is 6.22. The standard InChI is InChI=1S/C16H32N4/c1-13(2)15(19-8-4-5-9-19)11-18-16(17)20-10-6-7-14(3)12-20/h13-15H,4-12H2,1-3H3,(H2,17,18). The number of piperidine rings is 1. The van der Waals surface area contributed by atoms with Gasteiger partial charge in [-0.2, -0.15) is 0 Å². The largest absolute Gasteiger partial charge is 0.370 e. The highest BCUT2D eigenvalue weighted by molar-refractivity contribution is 5.78. The van der Waals surface area contributed by atoms with E-state index in [4.69, 9.17) is 10.7 Å². The Morgan fingerprint density at radius 2 is 1.90 bits per heavy atom. The molecule has 0 spiro atoms. The van der Waals surface area contributed by atoms with Crippen LogP contribution in [0, 0.1) is 11.8 Å². The van der Waals surface area contributed by atoms with Crippen LogP contribution >= 0.6 is 0 Å².